The average Bonchev–Trinajstić information content (AvgIpc) is 3.34. The molecule has 37 heavy (non-hydrogen) atoms. The van der Waals surface area contributed by atoms with Gasteiger partial charge in [0.1, 0.15) is 5.65 Å². The standard InChI is InChI=1S/C30H33N5O2/c1-5-20-10-12-22(13-11-20)27-28(35-17-15-21(6-2)18-26(35)34-27)24-14-16-31-30(33-24)32-19-23-8-7-9-25(36-3)29(23)37-4/h7-10,12,14-18H,5-6,11,13,19H2,1-4H3,(H,31,32,33). The highest BCUT2D eigenvalue weighted by Gasteiger charge is 2.21. The van der Waals surface area contributed by atoms with Crippen LogP contribution in [0.5, 0.6) is 11.5 Å². The van der Waals surface area contributed by atoms with Crippen molar-refractivity contribution in [3.63, 3.8) is 0 Å². The smallest absolute Gasteiger partial charge is 0.223 e. The lowest BCUT2D eigenvalue weighted by molar-refractivity contribution is 0.352. The van der Waals surface area contributed by atoms with Gasteiger partial charge in [-0.2, -0.15) is 0 Å². The zero-order valence-electron chi connectivity index (χ0n) is 21.9. The van der Waals surface area contributed by atoms with E-state index in [1.165, 1.54) is 16.7 Å². The largest absolute Gasteiger partial charge is 0.493 e. The molecule has 1 N–H and O–H groups in total. The molecule has 3 heterocycles. The summed E-state index contributed by atoms with van der Waals surface area (Å²) in [5, 5.41) is 3.36. The van der Waals surface area contributed by atoms with Crippen LogP contribution >= 0.6 is 0 Å². The van der Waals surface area contributed by atoms with Crippen molar-refractivity contribution in [3.8, 4) is 22.9 Å². The zero-order valence-corrected chi connectivity index (χ0v) is 21.9. The number of hydrogen-bond donors (Lipinski definition) is 1. The second kappa shape index (κ2) is 10.9. The summed E-state index contributed by atoms with van der Waals surface area (Å²) < 4.78 is 13.2. The third-order valence-electron chi connectivity index (χ3n) is 6.91. The van der Waals surface area contributed by atoms with Gasteiger partial charge < -0.3 is 14.8 Å². The molecular formula is C30H33N5O2. The number of fused-ring (bicyclic) bond motifs is 1. The van der Waals surface area contributed by atoms with Crippen LogP contribution in [0.4, 0.5) is 5.95 Å². The van der Waals surface area contributed by atoms with Crippen LogP contribution in [0.3, 0.4) is 0 Å². The highest BCUT2D eigenvalue weighted by molar-refractivity contribution is 5.80. The summed E-state index contributed by atoms with van der Waals surface area (Å²) in [4.78, 5) is 14.5. The van der Waals surface area contributed by atoms with E-state index in [9.17, 15) is 0 Å². The molecule has 1 aliphatic carbocycles. The Morgan fingerprint density at radius 2 is 1.86 bits per heavy atom. The lowest BCUT2D eigenvalue weighted by Gasteiger charge is -2.14. The number of anilines is 1. The van der Waals surface area contributed by atoms with E-state index >= 15 is 0 Å². The fourth-order valence-electron chi connectivity index (χ4n) is 4.79. The number of ether oxygens (including phenoxy) is 2. The van der Waals surface area contributed by atoms with E-state index in [1.54, 1.807) is 20.4 Å². The van der Waals surface area contributed by atoms with Gasteiger partial charge in [0.25, 0.3) is 0 Å². The molecule has 3 aromatic heterocycles. The quantitative estimate of drug-likeness (QED) is 0.286. The fraction of sp³-hybridized carbons (Fsp3) is 0.300. The molecule has 1 aliphatic rings. The van der Waals surface area contributed by atoms with Crippen LogP contribution in [0, 0.1) is 0 Å². The van der Waals surface area contributed by atoms with Crippen molar-refractivity contribution in [3.05, 3.63) is 83.3 Å². The first-order valence-corrected chi connectivity index (χ1v) is 12.8. The molecule has 0 aliphatic heterocycles. The predicted molar refractivity (Wildman–Crippen MR) is 148 cm³/mol. The summed E-state index contributed by atoms with van der Waals surface area (Å²) in [7, 11) is 3.28. The minimum Gasteiger partial charge on any atom is -0.493 e. The van der Waals surface area contributed by atoms with E-state index in [2.05, 4.69) is 59.0 Å². The van der Waals surface area contributed by atoms with Gasteiger partial charge in [0.05, 0.1) is 31.3 Å². The average molecular weight is 496 g/mol. The first-order valence-electron chi connectivity index (χ1n) is 12.8. The summed E-state index contributed by atoms with van der Waals surface area (Å²) in [5.74, 6) is 1.94. The Morgan fingerprint density at radius 1 is 0.973 bits per heavy atom. The number of nitrogens with zero attached hydrogens (tertiary/aromatic N) is 4. The Morgan fingerprint density at radius 3 is 2.59 bits per heavy atom. The van der Waals surface area contributed by atoms with Gasteiger partial charge in [-0.3, -0.25) is 4.40 Å². The molecule has 0 radical (unpaired) electrons. The summed E-state index contributed by atoms with van der Waals surface area (Å²) in [6.07, 6.45) is 12.5. The van der Waals surface area contributed by atoms with E-state index in [0.717, 1.165) is 54.0 Å². The van der Waals surface area contributed by atoms with E-state index in [0.29, 0.717) is 24.0 Å². The Balaban J connectivity index is 1.53. The van der Waals surface area contributed by atoms with Crippen LogP contribution in [-0.2, 0) is 13.0 Å². The maximum absolute atomic E-state index is 5.58. The molecule has 0 spiro atoms. The number of methoxy groups -OCH3 is 2. The number of aryl methyl sites for hydroxylation is 1. The van der Waals surface area contributed by atoms with Crippen molar-refractivity contribution in [1.82, 2.24) is 19.4 Å². The molecule has 1 aromatic carbocycles. The Kier molecular flexibility index (Phi) is 7.21. The third-order valence-corrected chi connectivity index (χ3v) is 6.91. The lowest BCUT2D eigenvalue weighted by atomic mass is 9.94. The lowest BCUT2D eigenvalue weighted by Crippen LogP contribution is -2.06. The topological polar surface area (TPSA) is 73.6 Å². The molecule has 7 heteroatoms. The Labute approximate surface area is 217 Å². The fourth-order valence-corrected chi connectivity index (χ4v) is 4.79. The van der Waals surface area contributed by atoms with Gasteiger partial charge in [0, 0.05) is 24.5 Å². The highest BCUT2D eigenvalue weighted by Crippen LogP contribution is 2.35. The molecule has 0 atom stereocenters. The van der Waals surface area contributed by atoms with Crippen molar-refractivity contribution in [2.45, 2.75) is 46.1 Å². The van der Waals surface area contributed by atoms with Crippen molar-refractivity contribution < 1.29 is 9.47 Å². The number of benzene rings is 1. The molecule has 0 amide bonds. The monoisotopic (exact) mass is 495 g/mol. The number of aromatic nitrogens is 4. The number of rotatable bonds is 9. The Bertz CT molecular complexity index is 1480. The number of imidazole rings is 1. The summed E-state index contributed by atoms with van der Waals surface area (Å²) in [5.41, 5.74) is 8.67. The molecule has 190 valence electrons. The van der Waals surface area contributed by atoms with Gasteiger partial charge >= 0.3 is 0 Å². The second-order valence-electron chi connectivity index (χ2n) is 9.07. The van der Waals surface area contributed by atoms with Crippen LogP contribution in [0.2, 0.25) is 0 Å². The maximum Gasteiger partial charge on any atom is 0.223 e. The number of pyridine rings is 1. The van der Waals surface area contributed by atoms with E-state index in [1.807, 2.05) is 24.3 Å². The van der Waals surface area contributed by atoms with Crippen molar-refractivity contribution in [2.24, 2.45) is 0 Å². The van der Waals surface area contributed by atoms with E-state index in [-0.39, 0.29) is 0 Å². The molecule has 0 saturated carbocycles. The van der Waals surface area contributed by atoms with E-state index < -0.39 is 0 Å². The maximum atomic E-state index is 5.58. The minimum absolute atomic E-state index is 0.499. The molecule has 0 unspecified atom stereocenters. The molecule has 5 rings (SSSR count). The van der Waals surface area contributed by atoms with Crippen LogP contribution in [0.1, 0.15) is 49.9 Å². The number of nitrogens with one attached hydrogen (secondary N) is 1. The van der Waals surface area contributed by atoms with Gasteiger partial charge in [0.15, 0.2) is 11.5 Å². The molecule has 0 fully saturated rings. The predicted octanol–water partition coefficient (Wildman–Crippen LogP) is 6.50. The van der Waals surface area contributed by atoms with E-state index in [4.69, 9.17) is 19.4 Å². The van der Waals surface area contributed by atoms with Crippen LogP contribution in [0.25, 0.3) is 22.6 Å². The van der Waals surface area contributed by atoms with Gasteiger partial charge in [-0.25, -0.2) is 15.0 Å². The minimum atomic E-state index is 0.499. The van der Waals surface area contributed by atoms with Gasteiger partial charge in [-0.15, -0.1) is 0 Å². The first-order chi connectivity index (χ1) is 18.1. The molecule has 0 bridgehead atoms. The van der Waals surface area contributed by atoms with Gasteiger partial charge in [0.2, 0.25) is 5.95 Å². The first kappa shape index (κ1) is 24.6. The SMILES string of the molecule is CCC1=CC=C(c2nc3cc(CC)ccn3c2-c2ccnc(NCc3cccc(OC)c3OC)n2)CC1. The zero-order chi connectivity index (χ0) is 25.8. The number of hydrogen-bond acceptors (Lipinski definition) is 6. The summed E-state index contributed by atoms with van der Waals surface area (Å²) >= 11 is 0. The molecular weight excluding hydrogens is 462 g/mol. The molecule has 4 aromatic rings. The number of allylic oxidation sites excluding steroid dienone is 4. The van der Waals surface area contributed by atoms with Crippen LogP contribution in [0.15, 0.2) is 66.5 Å². The number of para-hydroxylation sites is 1. The molecule has 7 nitrogen and oxygen atoms in total. The van der Waals surface area contributed by atoms with Crippen LogP contribution in [-0.4, -0.2) is 33.6 Å². The normalized spacial score (nSPS) is 13.3. The van der Waals surface area contributed by atoms with Crippen molar-refractivity contribution in [2.75, 3.05) is 19.5 Å². The highest BCUT2D eigenvalue weighted by atomic mass is 16.5. The second-order valence-corrected chi connectivity index (χ2v) is 9.07. The Hall–Kier alpha value is -4.13. The van der Waals surface area contributed by atoms with Crippen molar-refractivity contribution >= 4 is 17.2 Å². The third kappa shape index (κ3) is 4.94. The van der Waals surface area contributed by atoms with Crippen molar-refractivity contribution in [1.29, 1.82) is 0 Å². The molecule has 0 saturated heterocycles. The van der Waals surface area contributed by atoms with Gasteiger partial charge in [-0.1, -0.05) is 43.7 Å². The van der Waals surface area contributed by atoms with Gasteiger partial charge in [-0.05, 0) is 61.1 Å². The van der Waals surface area contributed by atoms with Crippen LogP contribution < -0.4 is 14.8 Å². The summed E-state index contributed by atoms with van der Waals surface area (Å²) in [6.45, 7) is 4.88. The summed E-state index contributed by atoms with van der Waals surface area (Å²) in [6, 6.07) is 12.1.